The van der Waals surface area contributed by atoms with E-state index in [9.17, 15) is 14.7 Å². The summed E-state index contributed by atoms with van der Waals surface area (Å²) in [6.45, 7) is 4.37. The van der Waals surface area contributed by atoms with Crippen LogP contribution in [-0.2, 0) is 18.4 Å². The molecule has 1 heterocycles. The van der Waals surface area contributed by atoms with E-state index in [1.165, 1.54) is 4.90 Å². The highest BCUT2D eigenvalue weighted by Crippen LogP contribution is 2.24. The molecule has 140 valence electrons. The third kappa shape index (κ3) is 3.94. The monoisotopic (exact) mass is 358 g/mol. The molecule has 0 bridgehead atoms. The molecule has 0 spiro atoms. The molecule has 0 aliphatic heterocycles. The molecule has 0 aliphatic carbocycles. The lowest BCUT2D eigenvalue weighted by atomic mass is 10.0. The first kappa shape index (κ1) is 19.7. The molecule has 2 rings (SSSR count). The molecule has 1 aromatic heterocycles. The van der Waals surface area contributed by atoms with E-state index in [0.717, 1.165) is 17.0 Å². The molecular weight excluding hydrogens is 332 g/mol. The molecule has 2 aromatic rings. The molecule has 26 heavy (non-hydrogen) atoms. The first-order valence-corrected chi connectivity index (χ1v) is 8.37. The maximum atomic E-state index is 12.0. The largest absolute Gasteiger partial charge is 0.480 e. The van der Waals surface area contributed by atoms with Crippen LogP contribution in [-0.4, -0.2) is 57.7 Å². The van der Waals surface area contributed by atoms with E-state index < -0.39 is 12.0 Å². The minimum atomic E-state index is -0.932. The zero-order chi connectivity index (χ0) is 19.6. The molecule has 0 unspecified atom stereocenters. The van der Waals surface area contributed by atoms with Crippen LogP contribution >= 0.6 is 0 Å². The first-order valence-electron chi connectivity index (χ1n) is 8.37. The van der Waals surface area contributed by atoms with Gasteiger partial charge in [-0.25, -0.2) is 0 Å². The van der Waals surface area contributed by atoms with Crippen LogP contribution in [0, 0.1) is 13.8 Å². The number of aliphatic carboxylic acids is 1. The van der Waals surface area contributed by atoms with E-state index in [2.05, 4.69) is 5.10 Å². The number of rotatable bonds is 6. The summed E-state index contributed by atoms with van der Waals surface area (Å²) in [5, 5.41) is 14.1. The second-order valence-electron chi connectivity index (χ2n) is 6.75. The number of aromatic nitrogens is 2. The average Bonchev–Trinajstić information content (AvgIpc) is 2.81. The van der Waals surface area contributed by atoms with E-state index in [0.29, 0.717) is 17.7 Å². The molecular formula is C19H26N4O3. The fraction of sp³-hybridized carbons (Fsp3) is 0.421. The second kappa shape index (κ2) is 7.70. The van der Waals surface area contributed by atoms with Crippen LogP contribution in [0.4, 0.5) is 0 Å². The van der Waals surface area contributed by atoms with Crippen molar-refractivity contribution in [3.8, 4) is 0 Å². The summed E-state index contributed by atoms with van der Waals surface area (Å²) in [6, 6.07) is 5.94. The number of carbonyl (C=O) groups is 2. The standard InChI is InChI=1S/C19H26N4O3/c1-12-16(13(2)23(6)20-12)11-22(5)17(19(25)26)14-7-9-15(10-8-14)18(24)21(3)4/h7-10,17H,11H2,1-6H3,(H,25,26)/t17-/m0/s1. The average molecular weight is 358 g/mol. The molecule has 0 saturated carbocycles. The Bertz CT molecular complexity index is 809. The van der Waals surface area contributed by atoms with Crippen molar-refractivity contribution in [1.82, 2.24) is 19.6 Å². The Hall–Kier alpha value is -2.67. The van der Waals surface area contributed by atoms with Gasteiger partial charge in [0.15, 0.2) is 0 Å². The minimum Gasteiger partial charge on any atom is -0.480 e. The van der Waals surface area contributed by atoms with Crippen molar-refractivity contribution in [2.75, 3.05) is 21.1 Å². The fourth-order valence-electron chi connectivity index (χ4n) is 3.04. The summed E-state index contributed by atoms with van der Waals surface area (Å²) < 4.78 is 1.80. The lowest BCUT2D eigenvalue weighted by Crippen LogP contribution is -2.31. The van der Waals surface area contributed by atoms with Crippen molar-refractivity contribution >= 4 is 11.9 Å². The van der Waals surface area contributed by atoms with Gasteiger partial charge in [0.1, 0.15) is 6.04 Å². The summed E-state index contributed by atoms with van der Waals surface area (Å²) in [7, 11) is 7.02. The number of nitrogens with zero attached hydrogens (tertiary/aromatic N) is 4. The third-order valence-corrected chi connectivity index (χ3v) is 4.62. The molecule has 0 radical (unpaired) electrons. The number of benzene rings is 1. The van der Waals surface area contributed by atoms with E-state index in [1.54, 1.807) is 55.0 Å². The van der Waals surface area contributed by atoms with Gasteiger partial charge in [0.25, 0.3) is 5.91 Å². The smallest absolute Gasteiger partial charge is 0.325 e. The van der Waals surface area contributed by atoms with Gasteiger partial charge in [-0.3, -0.25) is 19.2 Å². The predicted octanol–water partition coefficient (Wildman–Crippen LogP) is 2.00. The van der Waals surface area contributed by atoms with Crippen LogP contribution in [0.25, 0.3) is 0 Å². The molecule has 7 nitrogen and oxygen atoms in total. The van der Waals surface area contributed by atoms with Crippen molar-refractivity contribution in [2.24, 2.45) is 7.05 Å². The number of carboxylic acids is 1. The SMILES string of the molecule is Cc1nn(C)c(C)c1CN(C)[C@H](C(=O)O)c1ccc(C(=O)N(C)C)cc1. The Morgan fingerprint density at radius 3 is 2.15 bits per heavy atom. The van der Waals surface area contributed by atoms with Crippen LogP contribution in [0.2, 0.25) is 0 Å². The lowest BCUT2D eigenvalue weighted by molar-refractivity contribution is -0.143. The molecule has 1 atom stereocenters. The van der Waals surface area contributed by atoms with Crippen molar-refractivity contribution in [1.29, 1.82) is 0 Å². The number of aryl methyl sites for hydroxylation is 2. The molecule has 0 aliphatic rings. The highest BCUT2D eigenvalue weighted by molar-refractivity contribution is 5.94. The van der Waals surface area contributed by atoms with Crippen molar-refractivity contribution in [3.63, 3.8) is 0 Å². The first-order chi connectivity index (χ1) is 12.1. The van der Waals surface area contributed by atoms with Crippen LogP contribution in [0.15, 0.2) is 24.3 Å². The number of hydrogen-bond acceptors (Lipinski definition) is 4. The van der Waals surface area contributed by atoms with Gasteiger partial charge in [0, 0.05) is 44.5 Å². The number of carbonyl (C=O) groups excluding carboxylic acids is 1. The van der Waals surface area contributed by atoms with Gasteiger partial charge in [-0.1, -0.05) is 12.1 Å². The van der Waals surface area contributed by atoms with Gasteiger partial charge in [0.05, 0.1) is 5.69 Å². The lowest BCUT2D eigenvalue weighted by Gasteiger charge is -2.25. The number of likely N-dealkylation sites (N-methyl/N-ethyl adjacent to an activating group) is 1. The zero-order valence-corrected chi connectivity index (χ0v) is 16.1. The van der Waals surface area contributed by atoms with E-state index in [-0.39, 0.29) is 5.91 Å². The van der Waals surface area contributed by atoms with E-state index >= 15 is 0 Å². The van der Waals surface area contributed by atoms with Gasteiger partial charge in [-0.2, -0.15) is 5.10 Å². The van der Waals surface area contributed by atoms with Gasteiger partial charge >= 0.3 is 5.97 Å². The Labute approximate surface area is 153 Å². The Kier molecular flexibility index (Phi) is 5.82. The molecule has 7 heteroatoms. The maximum absolute atomic E-state index is 12.0. The summed E-state index contributed by atoms with van der Waals surface area (Å²) in [5.41, 5.74) is 4.11. The Morgan fingerprint density at radius 2 is 1.73 bits per heavy atom. The van der Waals surface area contributed by atoms with Crippen LogP contribution in [0.3, 0.4) is 0 Å². The normalized spacial score (nSPS) is 12.3. The van der Waals surface area contributed by atoms with E-state index in [4.69, 9.17) is 0 Å². The fourth-order valence-corrected chi connectivity index (χ4v) is 3.04. The number of amides is 1. The van der Waals surface area contributed by atoms with Crippen LogP contribution < -0.4 is 0 Å². The van der Waals surface area contributed by atoms with Gasteiger partial charge < -0.3 is 10.0 Å². The van der Waals surface area contributed by atoms with Crippen LogP contribution in [0.5, 0.6) is 0 Å². The van der Waals surface area contributed by atoms with Crippen molar-refractivity contribution in [2.45, 2.75) is 26.4 Å². The van der Waals surface area contributed by atoms with Gasteiger partial charge in [0.2, 0.25) is 0 Å². The van der Waals surface area contributed by atoms with Crippen LogP contribution in [0.1, 0.15) is 38.9 Å². The third-order valence-electron chi connectivity index (χ3n) is 4.62. The molecule has 1 aromatic carbocycles. The van der Waals surface area contributed by atoms with Gasteiger partial charge in [-0.05, 0) is 38.6 Å². The summed E-state index contributed by atoms with van der Waals surface area (Å²) in [5.74, 6) is -1.04. The van der Waals surface area contributed by atoms with Crippen molar-refractivity contribution in [3.05, 3.63) is 52.3 Å². The highest BCUT2D eigenvalue weighted by atomic mass is 16.4. The number of carboxylic acid groups (broad SMARTS) is 1. The quantitative estimate of drug-likeness (QED) is 0.854. The molecule has 0 fully saturated rings. The summed E-state index contributed by atoms with van der Waals surface area (Å²) >= 11 is 0. The second-order valence-corrected chi connectivity index (χ2v) is 6.75. The Balaban J connectivity index is 2.28. The molecule has 0 saturated heterocycles. The summed E-state index contributed by atoms with van der Waals surface area (Å²) in [4.78, 5) is 27.2. The molecule has 1 amide bonds. The number of hydrogen-bond donors (Lipinski definition) is 1. The van der Waals surface area contributed by atoms with E-state index in [1.807, 2.05) is 20.9 Å². The maximum Gasteiger partial charge on any atom is 0.325 e. The highest BCUT2D eigenvalue weighted by Gasteiger charge is 2.26. The topological polar surface area (TPSA) is 78.7 Å². The van der Waals surface area contributed by atoms with Gasteiger partial charge in [-0.15, -0.1) is 0 Å². The van der Waals surface area contributed by atoms with Crippen molar-refractivity contribution < 1.29 is 14.7 Å². The summed E-state index contributed by atoms with van der Waals surface area (Å²) in [6.07, 6.45) is 0. The Morgan fingerprint density at radius 1 is 1.15 bits per heavy atom. The molecule has 1 N–H and O–H groups in total. The predicted molar refractivity (Wildman–Crippen MR) is 99.0 cm³/mol. The zero-order valence-electron chi connectivity index (χ0n) is 16.1. The minimum absolute atomic E-state index is 0.113.